The van der Waals surface area contributed by atoms with Crippen LogP contribution in [-0.4, -0.2) is 66.7 Å². The quantitative estimate of drug-likeness (QED) is 0.0676. The van der Waals surface area contributed by atoms with Crippen LogP contribution in [0.4, 0.5) is 4.79 Å². The zero-order chi connectivity index (χ0) is 28.8. The average Bonchev–Trinajstić information content (AvgIpc) is 2.91. The van der Waals surface area contributed by atoms with Crippen molar-refractivity contribution in [3.63, 3.8) is 0 Å². The molecular weight excluding hydrogens is 494 g/mol. The second-order valence-electron chi connectivity index (χ2n) is 11.2. The number of aliphatic hydroxyl groups is 1. The molecule has 0 amide bonds. The second-order valence-corrected chi connectivity index (χ2v) is 11.2. The summed E-state index contributed by atoms with van der Waals surface area (Å²) in [6.07, 6.45) is 22.5. The minimum atomic E-state index is -0.712. The zero-order valence-electron chi connectivity index (χ0n) is 25.6. The lowest BCUT2D eigenvalue weighted by Crippen LogP contribution is -2.29. The summed E-state index contributed by atoms with van der Waals surface area (Å²) in [5.74, 6) is -0.0587. The maximum absolute atomic E-state index is 12.0. The minimum Gasteiger partial charge on any atom is -0.481 e. The van der Waals surface area contributed by atoms with Crippen molar-refractivity contribution in [1.82, 2.24) is 4.90 Å². The van der Waals surface area contributed by atoms with Gasteiger partial charge in [0.25, 0.3) is 0 Å². The monoisotopic (exact) mass is 557 g/mol. The van der Waals surface area contributed by atoms with Crippen molar-refractivity contribution in [2.75, 3.05) is 39.5 Å². The highest BCUT2D eigenvalue weighted by Crippen LogP contribution is 2.21. The van der Waals surface area contributed by atoms with E-state index in [-0.39, 0.29) is 13.0 Å². The summed E-state index contributed by atoms with van der Waals surface area (Å²) < 4.78 is 10.7. The average molecular weight is 558 g/mol. The molecule has 0 saturated heterocycles. The van der Waals surface area contributed by atoms with Gasteiger partial charge in [-0.15, -0.1) is 0 Å². The van der Waals surface area contributed by atoms with Crippen LogP contribution in [0.25, 0.3) is 0 Å². The molecule has 7 nitrogen and oxygen atoms in total. The van der Waals surface area contributed by atoms with Gasteiger partial charge in [0.05, 0.1) is 19.8 Å². The van der Waals surface area contributed by atoms with Crippen molar-refractivity contribution in [3.8, 4) is 0 Å². The Morgan fingerprint density at radius 1 is 0.615 bits per heavy atom. The molecule has 0 saturated carbocycles. The molecule has 0 bridgehead atoms. The van der Waals surface area contributed by atoms with E-state index >= 15 is 0 Å². The molecule has 0 atom stereocenters. The number of nitrogens with zero attached hydrogens (tertiary/aromatic N) is 1. The van der Waals surface area contributed by atoms with Crippen molar-refractivity contribution in [3.05, 3.63) is 0 Å². The number of hydrogen-bond acceptors (Lipinski definition) is 6. The van der Waals surface area contributed by atoms with Crippen molar-refractivity contribution in [2.24, 2.45) is 5.92 Å². The molecule has 0 radical (unpaired) electrons. The molecule has 0 aliphatic heterocycles. The molecule has 0 rings (SSSR count). The molecule has 7 heteroatoms. The third-order valence-corrected chi connectivity index (χ3v) is 7.55. The van der Waals surface area contributed by atoms with E-state index in [1.165, 1.54) is 64.2 Å². The number of carboxylic acids is 1. The van der Waals surface area contributed by atoms with Crippen LogP contribution >= 0.6 is 0 Å². The third-order valence-electron chi connectivity index (χ3n) is 7.55. The molecule has 0 aromatic carbocycles. The summed E-state index contributed by atoms with van der Waals surface area (Å²) in [5.41, 5.74) is 0. The molecule has 0 aromatic heterocycles. The molecule has 232 valence electrons. The summed E-state index contributed by atoms with van der Waals surface area (Å²) in [4.78, 5) is 24.8. The van der Waals surface area contributed by atoms with Gasteiger partial charge in [0.2, 0.25) is 0 Å². The first-order chi connectivity index (χ1) is 19.0. The van der Waals surface area contributed by atoms with E-state index in [4.69, 9.17) is 14.6 Å². The molecule has 0 fully saturated rings. The van der Waals surface area contributed by atoms with E-state index in [2.05, 4.69) is 18.7 Å². The van der Waals surface area contributed by atoms with Crippen LogP contribution < -0.4 is 0 Å². The number of carbonyl (C=O) groups is 2. The number of aliphatic carboxylic acids is 1. The fourth-order valence-electron chi connectivity index (χ4n) is 5.07. The van der Waals surface area contributed by atoms with Crippen molar-refractivity contribution < 1.29 is 29.3 Å². The Morgan fingerprint density at radius 3 is 1.69 bits per heavy atom. The molecule has 39 heavy (non-hydrogen) atoms. The second kappa shape index (κ2) is 29.6. The van der Waals surface area contributed by atoms with Crippen LogP contribution in [0.1, 0.15) is 149 Å². The maximum Gasteiger partial charge on any atom is 0.508 e. The first-order valence-electron chi connectivity index (χ1n) is 16.4. The van der Waals surface area contributed by atoms with Gasteiger partial charge in [-0.2, -0.15) is 0 Å². The largest absolute Gasteiger partial charge is 0.508 e. The fourth-order valence-corrected chi connectivity index (χ4v) is 5.07. The van der Waals surface area contributed by atoms with Gasteiger partial charge >= 0.3 is 12.1 Å². The molecule has 2 N–H and O–H groups in total. The summed E-state index contributed by atoms with van der Waals surface area (Å²) >= 11 is 0. The summed E-state index contributed by atoms with van der Waals surface area (Å²) in [6, 6.07) is 0. The Morgan fingerprint density at radius 2 is 1.13 bits per heavy atom. The van der Waals surface area contributed by atoms with Gasteiger partial charge in [0, 0.05) is 13.0 Å². The molecule has 0 heterocycles. The Labute approximate surface area is 240 Å². The van der Waals surface area contributed by atoms with Crippen LogP contribution in [-0.2, 0) is 14.3 Å². The predicted octanol–water partition coefficient (Wildman–Crippen LogP) is 8.37. The lowest BCUT2D eigenvalue weighted by atomic mass is 9.92. The highest BCUT2D eigenvalue weighted by Gasteiger charge is 2.11. The molecule has 0 spiro atoms. The van der Waals surface area contributed by atoms with Gasteiger partial charge in [-0.3, -0.25) is 4.79 Å². The maximum atomic E-state index is 12.0. The number of rotatable bonds is 30. The molecular formula is C32H63NO6. The third kappa shape index (κ3) is 28.0. The lowest BCUT2D eigenvalue weighted by Gasteiger charge is -2.21. The highest BCUT2D eigenvalue weighted by atomic mass is 16.7. The van der Waals surface area contributed by atoms with E-state index in [0.29, 0.717) is 25.7 Å². The molecule has 0 aliphatic carbocycles. The van der Waals surface area contributed by atoms with E-state index < -0.39 is 12.1 Å². The van der Waals surface area contributed by atoms with Crippen LogP contribution in [0.3, 0.4) is 0 Å². The Balaban J connectivity index is 3.84. The number of carboxylic acid groups (broad SMARTS) is 1. The Kier molecular flexibility index (Phi) is 28.6. The van der Waals surface area contributed by atoms with Gasteiger partial charge in [-0.25, -0.2) is 4.79 Å². The minimum absolute atomic E-state index is 0.174. The van der Waals surface area contributed by atoms with Gasteiger partial charge in [-0.05, 0) is 51.1 Å². The van der Waals surface area contributed by atoms with Crippen molar-refractivity contribution >= 4 is 12.1 Å². The zero-order valence-corrected chi connectivity index (χ0v) is 25.6. The first kappa shape index (κ1) is 37.7. The van der Waals surface area contributed by atoms with Crippen molar-refractivity contribution in [2.45, 2.75) is 149 Å². The Hall–Kier alpha value is -1.34. The van der Waals surface area contributed by atoms with E-state index in [9.17, 15) is 14.7 Å². The summed E-state index contributed by atoms with van der Waals surface area (Å²) in [6.45, 7) is 8.20. The Bertz CT molecular complexity index is 533. The molecule has 0 unspecified atom stereocenters. The number of ether oxygens (including phenoxy) is 2. The van der Waals surface area contributed by atoms with Gasteiger partial charge in [0.1, 0.15) is 0 Å². The number of hydrogen-bond donors (Lipinski definition) is 2. The molecule has 0 aromatic rings. The number of aliphatic hydroxyl groups excluding tert-OH is 1. The highest BCUT2D eigenvalue weighted by molar-refractivity contribution is 5.66. The first-order valence-corrected chi connectivity index (χ1v) is 16.4. The lowest BCUT2D eigenvalue weighted by molar-refractivity contribution is -0.137. The van der Waals surface area contributed by atoms with Crippen molar-refractivity contribution in [1.29, 1.82) is 0 Å². The van der Waals surface area contributed by atoms with Crippen LogP contribution in [0.15, 0.2) is 0 Å². The normalized spacial score (nSPS) is 11.4. The number of carbonyl (C=O) groups excluding carboxylic acids is 1. The van der Waals surface area contributed by atoms with E-state index in [0.717, 1.165) is 77.3 Å². The topological polar surface area (TPSA) is 96.3 Å². The van der Waals surface area contributed by atoms with Gasteiger partial charge in [0.15, 0.2) is 0 Å². The SMILES string of the molecule is CCCCCCC(CCCCCC)CCOC(=O)OCCCCCCN(CCO)CCCCCCCC(=O)O. The predicted molar refractivity (Wildman–Crippen MR) is 160 cm³/mol. The van der Waals surface area contributed by atoms with Crippen LogP contribution in [0, 0.1) is 5.92 Å². The van der Waals surface area contributed by atoms with Gasteiger partial charge in [-0.1, -0.05) is 110 Å². The van der Waals surface area contributed by atoms with E-state index in [1.807, 2.05) is 0 Å². The van der Waals surface area contributed by atoms with E-state index in [1.54, 1.807) is 0 Å². The standard InChI is InChI=1S/C32H63NO6/c1-3-5-7-14-20-30(21-15-8-6-4-2)23-29-39-32(37)38-28-19-13-12-18-25-33(26-27-34)24-17-11-9-10-16-22-31(35)36/h30,34H,3-29H2,1-2H3,(H,35,36). The van der Waals surface area contributed by atoms with Gasteiger partial charge < -0.3 is 24.6 Å². The smallest absolute Gasteiger partial charge is 0.481 e. The molecule has 0 aliphatic rings. The van der Waals surface area contributed by atoms with Crippen LogP contribution in [0.2, 0.25) is 0 Å². The summed E-state index contributed by atoms with van der Waals surface area (Å²) in [5, 5.41) is 18.0. The summed E-state index contributed by atoms with van der Waals surface area (Å²) in [7, 11) is 0. The van der Waals surface area contributed by atoms with Crippen LogP contribution in [0.5, 0.6) is 0 Å². The number of unbranched alkanes of at least 4 members (excludes halogenated alkanes) is 13. The fraction of sp³-hybridized carbons (Fsp3) is 0.938.